The molecule has 0 radical (unpaired) electrons. The van der Waals surface area contributed by atoms with Gasteiger partial charge in [0.2, 0.25) is 5.91 Å². The maximum atomic E-state index is 11.8. The largest absolute Gasteiger partial charge is 0.481 e. The van der Waals surface area contributed by atoms with E-state index >= 15 is 0 Å². The van der Waals surface area contributed by atoms with Crippen LogP contribution in [0.3, 0.4) is 0 Å². The number of hydrogen-bond donors (Lipinski definition) is 2. The van der Waals surface area contributed by atoms with Gasteiger partial charge in [-0.1, -0.05) is 13.8 Å². The Kier molecular flexibility index (Phi) is 7.55. The van der Waals surface area contributed by atoms with Gasteiger partial charge >= 0.3 is 12.1 Å². The third-order valence-corrected chi connectivity index (χ3v) is 3.17. The van der Waals surface area contributed by atoms with E-state index in [0.29, 0.717) is 12.8 Å². The van der Waals surface area contributed by atoms with Crippen molar-refractivity contribution in [3.63, 3.8) is 0 Å². The molecule has 0 aliphatic rings. The molecule has 0 atom stereocenters. The van der Waals surface area contributed by atoms with E-state index in [4.69, 9.17) is 5.11 Å². The van der Waals surface area contributed by atoms with Gasteiger partial charge in [0, 0.05) is 13.0 Å². The van der Waals surface area contributed by atoms with E-state index in [1.54, 1.807) is 13.8 Å². The van der Waals surface area contributed by atoms with Gasteiger partial charge in [0.05, 0.1) is 12.0 Å². The fourth-order valence-electron chi connectivity index (χ4n) is 1.59. The summed E-state index contributed by atoms with van der Waals surface area (Å²) in [6.07, 6.45) is -3.95. The topological polar surface area (TPSA) is 75.6 Å². The quantitative estimate of drug-likeness (QED) is 0.638. The van der Waals surface area contributed by atoms with Crippen LogP contribution in [0.15, 0.2) is 0 Å². The lowest BCUT2D eigenvalue weighted by atomic mass is 9.82. The lowest BCUT2D eigenvalue weighted by Gasteiger charge is -2.26. The molecule has 0 aromatic rings. The van der Waals surface area contributed by atoms with Crippen LogP contribution >= 0.6 is 0 Å². The summed E-state index contributed by atoms with van der Waals surface area (Å²) in [6.45, 7) is 1.60. The van der Waals surface area contributed by atoms with Crippen LogP contribution in [-0.4, -0.2) is 42.9 Å². The van der Waals surface area contributed by atoms with Gasteiger partial charge in [-0.15, -0.1) is 0 Å². The minimum absolute atomic E-state index is 0.0482. The number of carboxylic acids is 1. The Hall–Kier alpha value is -1.31. The minimum atomic E-state index is -4.42. The van der Waals surface area contributed by atoms with Crippen molar-refractivity contribution >= 4 is 11.9 Å². The maximum absolute atomic E-state index is 11.8. The second-order valence-electron chi connectivity index (χ2n) is 4.49. The number of carboxylic acid groups (broad SMARTS) is 1. The molecule has 0 saturated heterocycles. The smallest absolute Gasteiger partial charge is 0.411 e. The molecule has 0 saturated carbocycles. The summed E-state index contributed by atoms with van der Waals surface area (Å²) in [7, 11) is 0. The second-order valence-corrected chi connectivity index (χ2v) is 4.49. The van der Waals surface area contributed by atoms with Crippen molar-refractivity contribution in [1.29, 1.82) is 0 Å². The van der Waals surface area contributed by atoms with E-state index in [1.807, 2.05) is 0 Å². The predicted molar refractivity (Wildman–Crippen MR) is 65.2 cm³/mol. The van der Waals surface area contributed by atoms with Crippen LogP contribution in [0.5, 0.6) is 0 Å². The number of hydrogen-bond acceptors (Lipinski definition) is 3. The van der Waals surface area contributed by atoms with Crippen molar-refractivity contribution in [2.45, 2.75) is 39.3 Å². The molecular formula is C12H20F3NO4. The average Bonchev–Trinajstić information content (AvgIpc) is 2.35. The lowest BCUT2D eigenvalue weighted by Crippen LogP contribution is -2.42. The number of alkyl halides is 3. The molecule has 0 spiro atoms. The molecule has 8 heteroatoms. The summed E-state index contributed by atoms with van der Waals surface area (Å²) in [5.41, 5.74) is -1.04. The van der Waals surface area contributed by atoms with Crippen LogP contribution in [-0.2, 0) is 14.3 Å². The molecule has 0 rings (SSSR count). The lowest BCUT2D eigenvalue weighted by molar-refractivity contribution is -0.174. The zero-order valence-corrected chi connectivity index (χ0v) is 11.5. The summed E-state index contributed by atoms with van der Waals surface area (Å²) >= 11 is 0. The number of carbonyl (C=O) groups is 2. The van der Waals surface area contributed by atoms with Crippen LogP contribution in [0, 0.1) is 5.41 Å². The summed E-state index contributed by atoms with van der Waals surface area (Å²) < 4.78 is 39.6. The second kappa shape index (κ2) is 8.08. The number of amides is 1. The number of halogens is 3. The Labute approximate surface area is 115 Å². The molecule has 0 bridgehead atoms. The zero-order valence-electron chi connectivity index (χ0n) is 11.5. The van der Waals surface area contributed by atoms with Crippen molar-refractivity contribution in [3.05, 3.63) is 0 Å². The van der Waals surface area contributed by atoms with Crippen LogP contribution in [0.25, 0.3) is 0 Å². The van der Waals surface area contributed by atoms with Crippen LogP contribution < -0.4 is 5.32 Å². The van der Waals surface area contributed by atoms with Crippen molar-refractivity contribution in [2.24, 2.45) is 5.41 Å². The number of rotatable bonds is 9. The standard InChI is InChI=1S/C12H20F3NO4/c1-3-11(4-2,10(18)19)7-16-9(17)5-6-20-8-12(13,14)15/h3-8H2,1-2H3,(H,16,17)(H,18,19). The van der Waals surface area contributed by atoms with Gasteiger partial charge in [0.1, 0.15) is 6.61 Å². The number of nitrogens with one attached hydrogen (secondary N) is 1. The average molecular weight is 299 g/mol. The van der Waals surface area contributed by atoms with E-state index in [2.05, 4.69) is 10.1 Å². The van der Waals surface area contributed by atoms with Crippen molar-refractivity contribution in [1.82, 2.24) is 5.32 Å². The van der Waals surface area contributed by atoms with Gasteiger partial charge in [0.15, 0.2) is 0 Å². The van der Waals surface area contributed by atoms with Gasteiger partial charge in [-0.3, -0.25) is 9.59 Å². The number of carbonyl (C=O) groups excluding carboxylic acids is 1. The Morgan fingerprint density at radius 1 is 1.20 bits per heavy atom. The molecule has 20 heavy (non-hydrogen) atoms. The summed E-state index contributed by atoms with van der Waals surface area (Å²) in [5, 5.41) is 11.6. The normalized spacial score (nSPS) is 12.2. The molecule has 0 aliphatic heterocycles. The molecule has 0 heterocycles. The number of aliphatic carboxylic acids is 1. The van der Waals surface area contributed by atoms with Gasteiger partial charge in [0.25, 0.3) is 0 Å². The fourth-order valence-corrected chi connectivity index (χ4v) is 1.59. The summed E-state index contributed by atoms with van der Waals surface area (Å²) in [6, 6.07) is 0. The highest BCUT2D eigenvalue weighted by Gasteiger charge is 2.35. The third kappa shape index (κ3) is 6.74. The molecule has 5 nitrogen and oxygen atoms in total. The van der Waals surface area contributed by atoms with Crippen molar-refractivity contribution < 1.29 is 32.6 Å². The Bertz CT molecular complexity index is 327. The molecule has 0 aromatic carbocycles. The van der Waals surface area contributed by atoms with E-state index in [-0.39, 0.29) is 19.6 Å². The van der Waals surface area contributed by atoms with Gasteiger partial charge in [-0.05, 0) is 12.8 Å². The SMILES string of the molecule is CCC(CC)(CNC(=O)CCOCC(F)(F)F)C(=O)O. The first-order chi connectivity index (χ1) is 9.17. The first-order valence-corrected chi connectivity index (χ1v) is 6.31. The Morgan fingerprint density at radius 2 is 1.75 bits per heavy atom. The molecule has 0 aromatic heterocycles. The van der Waals surface area contributed by atoms with Gasteiger partial charge in [-0.25, -0.2) is 0 Å². The molecule has 118 valence electrons. The van der Waals surface area contributed by atoms with Crippen molar-refractivity contribution in [2.75, 3.05) is 19.8 Å². The first-order valence-electron chi connectivity index (χ1n) is 6.31. The molecule has 1 amide bonds. The zero-order chi connectivity index (χ0) is 15.8. The van der Waals surface area contributed by atoms with E-state index in [1.165, 1.54) is 0 Å². The predicted octanol–water partition coefficient (Wildman–Crippen LogP) is 1.96. The van der Waals surface area contributed by atoms with Gasteiger partial charge in [-0.2, -0.15) is 13.2 Å². The Morgan fingerprint density at radius 3 is 2.15 bits per heavy atom. The highest BCUT2D eigenvalue weighted by molar-refractivity contribution is 5.79. The van der Waals surface area contributed by atoms with E-state index < -0.39 is 30.1 Å². The van der Waals surface area contributed by atoms with E-state index in [0.717, 1.165) is 0 Å². The highest BCUT2D eigenvalue weighted by Crippen LogP contribution is 2.25. The van der Waals surface area contributed by atoms with Crippen LogP contribution in [0.2, 0.25) is 0 Å². The molecule has 0 fully saturated rings. The molecule has 0 unspecified atom stereocenters. The molecule has 0 aliphatic carbocycles. The fraction of sp³-hybridized carbons (Fsp3) is 0.833. The van der Waals surface area contributed by atoms with Gasteiger partial charge < -0.3 is 15.2 Å². The monoisotopic (exact) mass is 299 g/mol. The minimum Gasteiger partial charge on any atom is -0.481 e. The summed E-state index contributed by atoms with van der Waals surface area (Å²) in [5.74, 6) is -1.53. The van der Waals surface area contributed by atoms with Crippen LogP contribution in [0.4, 0.5) is 13.2 Å². The summed E-state index contributed by atoms with van der Waals surface area (Å²) in [4.78, 5) is 22.6. The Balaban J connectivity index is 4.06. The molecule has 2 N–H and O–H groups in total. The maximum Gasteiger partial charge on any atom is 0.411 e. The number of ether oxygens (including phenoxy) is 1. The first kappa shape index (κ1) is 18.7. The van der Waals surface area contributed by atoms with E-state index in [9.17, 15) is 22.8 Å². The third-order valence-electron chi connectivity index (χ3n) is 3.17. The van der Waals surface area contributed by atoms with Crippen molar-refractivity contribution in [3.8, 4) is 0 Å². The molecular weight excluding hydrogens is 279 g/mol. The highest BCUT2D eigenvalue weighted by atomic mass is 19.4. The van der Waals surface area contributed by atoms with Crippen LogP contribution in [0.1, 0.15) is 33.1 Å².